The first-order chi connectivity index (χ1) is 20.0. The van der Waals surface area contributed by atoms with Crippen LogP contribution in [0.2, 0.25) is 0 Å². The first kappa shape index (κ1) is 27.9. The number of rotatable bonds is 5. The molecule has 2 aromatic rings. The van der Waals surface area contributed by atoms with Crippen LogP contribution >= 0.6 is 0 Å². The summed E-state index contributed by atoms with van der Waals surface area (Å²) >= 11 is 0. The van der Waals surface area contributed by atoms with Crippen LogP contribution in [0, 0.1) is 11.3 Å². The van der Waals surface area contributed by atoms with Gasteiger partial charge in [-0.3, -0.25) is 14.6 Å². The zero-order valence-electron chi connectivity index (χ0n) is 22.8. The topological polar surface area (TPSA) is 122 Å². The number of carbonyl (C=O) groups excluding carboxylic acids is 2. The molecule has 0 bridgehead atoms. The molecule has 1 aromatic heterocycles. The van der Waals surface area contributed by atoms with E-state index in [1.807, 2.05) is 11.8 Å². The Morgan fingerprint density at radius 1 is 1.19 bits per heavy atom. The van der Waals surface area contributed by atoms with Gasteiger partial charge in [0.25, 0.3) is 11.7 Å². The molecule has 2 atom stereocenters. The van der Waals surface area contributed by atoms with Crippen LogP contribution in [0.3, 0.4) is 0 Å². The number of fused-ring (bicyclic) bond motifs is 1. The molecule has 0 radical (unpaired) electrons. The summed E-state index contributed by atoms with van der Waals surface area (Å²) in [5, 5.41) is 2.41. The number of anilines is 1. The summed E-state index contributed by atoms with van der Waals surface area (Å²) in [6.45, 7) is 3.98. The predicted molar refractivity (Wildman–Crippen MR) is 148 cm³/mol. The number of quaternary nitrogens is 1. The third-order valence-electron chi connectivity index (χ3n) is 8.01. The van der Waals surface area contributed by atoms with Crippen LogP contribution in [-0.2, 0) is 15.7 Å². The molecule has 0 aliphatic carbocycles. The summed E-state index contributed by atoms with van der Waals surface area (Å²) in [6, 6.07) is 8.09. The van der Waals surface area contributed by atoms with E-state index in [0.29, 0.717) is 43.4 Å². The van der Waals surface area contributed by atoms with Gasteiger partial charge in [0.15, 0.2) is 0 Å². The van der Waals surface area contributed by atoms with Gasteiger partial charge >= 0.3 is 6.18 Å². The van der Waals surface area contributed by atoms with Crippen LogP contribution in [0.25, 0.3) is 0 Å². The Kier molecular flexibility index (Phi) is 6.83. The van der Waals surface area contributed by atoms with Gasteiger partial charge in [-0.1, -0.05) is 0 Å². The lowest BCUT2D eigenvalue weighted by atomic mass is 9.85. The quantitative estimate of drug-likeness (QED) is 0.411. The lowest BCUT2D eigenvalue weighted by molar-refractivity contribution is -0.750. The minimum atomic E-state index is -4.55. The number of likely N-dealkylation sites (tertiary alicyclic amines) is 1. The SMILES string of the molecule is CC1(C(=O)N2CCCC(C3=C4C=NC=C[N+]4(N)C(c4ccc(C(=O)Nc5cc(C(F)(F)F)ccn5)cc4)=N3)C2)COC1. The third kappa shape index (κ3) is 4.93. The highest BCUT2D eigenvalue weighted by molar-refractivity contribution is 6.05. The van der Waals surface area contributed by atoms with E-state index in [9.17, 15) is 22.8 Å². The summed E-state index contributed by atoms with van der Waals surface area (Å²) in [5.41, 5.74) is 0.958. The van der Waals surface area contributed by atoms with E-state index in [4.69, 9.17) is 15.6 Å². The summed E-state index contributed by atoms with van der Waals surface area (Å²) in [7, 11) is 0. The number of nitrogens with one attached hydrogen (secondary N) is 1. The van der Waals surface area contributed by atoms with Gasteiger partial charge in [-0.05, 0) is 56.2 Å². The molecule has 4 aliphatic rings. The molecule has 2 unspecified atom stereocenters. The number of amides is 2. The van der Waals surface area contributed by atoms with Crippen molar-refractivity contribution in [3.8, 4) is 0 Å². The molecular formula is C29H29F3N7O3+. The van der Waals surface area contributed by atoms with Crippen molar-refractivity contribution in [2.75, 3.05) is 31.6 Å². The van der Waals surface area contributed by atoms with Crippen molar-refractivity contribution in [2.45, 2.75) is 25.9 Å². The maximum Gasteiger partial charge on any atom is 0.416 e. The van der Waals surface area contributed by atoms with Crippen molar-refractivity contribution in [2.24, 2.45) is 27.2 Å². The van der Waals surface area contributed by atoms with Gasteiger partial charge in [0.1, 0.15) is 17.7 Å². The number of hydrogen-bond donors (Lipinski definition) is 2. The van der Waals surface area contributed by atoms with Crippen LogP contribution in [0.15, 0.2) is 76.4 Å². The maximum absolute atomic E-state index is 13.2. The van der Waals surface area contributed by atoms with Crippen LogP contribution in [0.4, 0.5) is 19.0 Å². The number of aliphatic imine (C=N–C) groups is 2. The van der Waals surface area contributed by atoms with E-state index in [1.165, 1.54) is 0 Å². The molecule has 1 aromatic carbocycles. The smallest absolute Gasteiger partial charge is 0.379 e. The molecule has 0 spiro atoms. The highest BCUT2D eigenvalue weighted by Gasteiger charge is 2.48. The van der Waals surface area contributed by atoms with E-state index in [2.05, 4.69) is 15.3 Å². The summed E-state index contributed by atoms with van der Waals surface area (Å²) in [6.07, 6.45) is 3.12. The minimum Gasteiger partial charge on any atom is -0.379 e. The number of nitrogens with two attached hydrogens (primary N) is 1. The van der Waals surface area contributed by atoms with Crippen LogP contribution in [0.5, 0.6) is 0 Å². The lowest BCUT2D eigenvalue weighted by Crippen LogP contribution is -2.55. The van der Waals surface area contributed by atoms with Crippen LogP contribution < -0.4 is 11.2 Å². The van der Waals surface area contributed by atoms with Crippen molar-refractivity contribution in [3.05, 3.63) is 83.1 Å². The Balaban J connectivity index is 1.23. The number of hydrogen-bond acceptors (Lipinski definition) is 7. The number of allylic oxidation sites excluding steroid dienone is 1. The average Bonchev–Trinajstić information content (AvgIpc) is 3.28. The Labute approximate surface area is 239 Å². The van der Waals surface area contributed by atoms with E-state index in [1.54, 1.807) is 42.9 Å². The van der Waals surface area contributed by atoms with Crippen molar-refractivity contribution < 1.29 is 32.1 Å². The molecular weight excluding hydrogens is 551 g/mol. The number of piperidine rings is 1. The summed E-state index contributed by atoms with van der Waals surface area (Å²) in [4.78, 5) is 41.0. The van der Waals surface area contributed by atoms with Gasteiger partial charge in [0.2, 0.25) is 11.6 Å². The normalized spacial score (nSPS) is 24.6. The van der Waals surface area contributed by atoms with Crippen molar-refractivity contribution in [3.63, 3.8) is 0 Å². The van der Waals surface area contributed by atoms with E-state index >= 15 is 0 Å². The first-order valence-corrected chi connectivity index (χ1v) is 13.5. The second-order valence-electron chi connectivity index (χ2n) is 11.2. The van der Waals surface area contributed by atoms with Gasteiger partial charge in [-0.25, -0.2) is 4.98 Å². The number of pyridine rings is 1. The number of halogens is 3. The molecule has 42 heavy (non-hydrogen) atoms. The second-order valence-corrected chi connectivity index (χ2v) is 11.2. The molecule has 3 N–H and O–H groups in total. The van der Waals surface area contributed by atoms with E-state index in [0.717, 1.165) is 36.9 Å². The molecule has 2 fully saturated rings. The Bertz CT molecular complexity index is 1560. The van der Waals surface area contributed by atoms with E-state index < -0.39 is 23.1 Å². The predicted octanol–water partition coefficient (Wildman–Crippen LogP) is 3.85. The maximum atomic E-state index is 13.2. The molecule has 2 saturated heterocycles. The van der Waals surface area contributed by atoms with E-state index in [-0.39, 0.29) is 27.8 Å². The second kappa shape index (κ2) is 10.3. The van der Waals surface area contributed by atoms with Crippen molar-refractivity contribution in [1.82, 2.24) is 9.88 Å². The number of aromatic nitrogens is 1. The Morgan fingerprint density at radius 2 is 1.95 bits per heavy atom. The molecule has 218 valence electrons. The molecule has 6 rings (SSSR count). The fourth-order valence-corrected chi connectivity index (χ4v) is 5.64. The summed E-state index contributed by atoms with van der Waals surface area (Å²) in [5.74, 6) is 6.63. The van der Waals surface area contributed by atoms with Crippen LogP contribution in [-0.4, -0.2) is 64.6 Å². The summed E-state index contributed by atoms with van der Waals surface area (Å²) < 4.78 is 44.2. The number of carbonyl (C=O) groups is 2. The number of amidine groups is 1. The highest BCUT2D eigenvalue weighted by Crippen LogP contribution is 2.39. The lowest BCUT2D eigenvalue weighted by Gasteiger charge is -2.42. The first-order valence-electron chi connectivity index (χ1n) is 13.5. The van der Waals surface area contributed by atoms with Gasteiger partial charge in [-0.2, -0.15) is 24.0 Å². The number of ether oxygens (including phenoxy) is 1. The third-order valence-corrected chi connectivity index (χ3v) is 8.01. The molecule has 2 amide bonds. The van der Waals surface area contributed by atoms with Crippen molar-refractivity contribution in [1.29, 1.82) is 0 Å². The van der Waals surface area contributed by atoms with Gasteiger partial charge in [0, 0.05) is 30.8 Å². The zero-order chi connectivity index (χ0) is 29.7. The number of alkyl halides is 3. The number of benzene rings is 1. The largest absolute Gasteiger partial charge is 0.416 e. The zero-order valence-corrected chi connectivity index (χ0v) is 22.8. The fourth-order valence-electron chi connectivity index (χ4n) is 5.64. The monoisotopic (exact) mass is 580 g/mol. The fraction of sp³-hybridized carbons (Fsp3) is 0.345. The molecule has 0 saturated carbocycles. The molecule has 10 nitrogen and oxygen atoms in total. The van der Waals surface area contributed by atoms with Gasteiger partial charge in [-0.15, -0.1) is 4.59 Å². The highest BCUT2D eigenvalue weighted by atomic mass is 19.4. The number of nitrogens with zero attached hydrogens (tertiary/aromatic N) is 5. The van der Waals surface area contributed by atoms with Gasteiger partial charge < -0.3 is 15.0 Å². The van der Waals surface area contributed by atoms with Crippen molar-refractivity contribution >= 4 is 29.7 Å². The molecule has 4 aliphatic heterocycles. The standard InChI is InChI=1S/C29H28F3N7O3/c1-28(16-42-17-28)27(41)38-11-2-3-20(15-38)24-22-14-34-10-12-39(22,33)25(37-24)18-4-6-19(7-5-18)26(40)36-23-13-21(8-9-35-23)29(30,31)32/h4-10,12-14,20H,2-3,11,15-17,33H2,1H3/p+1. The molecule has 5 heterocycles. The van der Waals surface area contributed by atoms with Crippen LogP contribution in [0.1, 0.15) is 41.3 Å². The minimum absolute atomic E-state index is 0.0381. The Hall–Kier alpha value is -4.20. The average molecular weight is 581 g/mol. The van der Waals surface area contributed by atoms with Gasteiger partial charge in [0.05, 0.1) is 42.2 Å². The molecule has 13 heteroatoms. The Morgan fingerprint density at radius 3 is 2.64 bits per heavy atom.